The minimum atomic E-state index is -4.40. The van der Waals surface area contributed by atoms with E-state index in [9.17, 15) is 18.0 Å². The first-order valence-corrected chi connectivity index (χ1v) is 9.99. The van der Waals surface area contributed by atoms with Crippen molar-refractivity contribution < 1.29 is 18.0 Å². The maximum atomic E-state index is 12.7. The Morgan fingerprint density at radius 1 is 1.14 bits per heavy atom. The predicted octanol–water partition coefficient (Wildman–Crippen LogP) is 4.58. The largest absolute Gasteiger partial charge is 0.417 e. The van der Waals surface area contributed by atoms with Crippen LogP contribution in [-0.4, -0.2) is 47.2 Å². The van der Waals surface area contributed by atoms with Gasteiger partial charge in [-0.2, -0.15) is 13.2 Å². The second-order valence-electron chi connectivity index (χ2n) is 6.41. The Bertz CT molecular complexity index is 824. The number of carbonyl (C=O) groups is 1. The Morgan fingerprint density at radius 3 is 2.39 bits per heavy atom. The van der Waals surface area contributed by atoms with Crippen molar-refractivity contribution in [1.29, 1.82) is 0 Å². The highest BCUT2D eigenvalue weighted by atomic mass is 35.5. The Labute approximate surface area is 170 Å². The van der Waals surface area contributed by atoms with Gasteiger partial charge in [0.15, 0.2) is 0 Å². The highest BCUT2D eigenvalue weighted by Crippen LogP contribution is 2.31. The number of hydrogen-bond acceptors (Lipinski definition) is 4. The van der Waals surface area contributed by atoms with Crippen LogP contribution in [0.2, 0.25) is 5.02 Å². The molecule has 3 rings (SSSR count). The van der Waals surface area contributed by atoms with Crippen LogP contribution >= 0.6 is 23.4 Å². The molecule has 28 heavy (non-hydrogen) atoms. The van der Waals surface area contributed by atoms with Gasteiger partial charge in [0.2, 0.25) is 5.91 Å². The Morgan fingerprint density at radius 2 is 1.82 bits per heavy atom. The molecule has 1 fully saturated rings. The minimum absolute atomic E-state index is 0.0185. The molecule has 2 heterocycles. The van der Waals surface area contributed by atoms with Gasteiger partial charge in [-0.25, -0.2) is 4.98 Å². The smallest absolute Gasteiger partial charge is 0.353 e. The average molecular weight is 430 g/mol. The van der Waals surface area contributed by atoms with Crippen LogP contribution in [0.3, 0.4) is 0 Å². The summed E-state index contributed by atoms with van der Waals surface area (Å²) in [5.74, 6) is 0.503. The van der Waals surface area contributed by atoms with Crippen LogP contribution in [0.15, 0.2) is 47.5 Å². The molecule has 4 nitrogen and oxygen atoms in total. The van der Waals surface area contributed by atoms with Crippen LogP contribution in [0.1, 0.15) is 12.5 Å². The lowest BCUT2D eigenvalue weighted by molar-refractivity contribution is -0.137. The fraction of sp³-hybridized carbons (Fsp3) is 0.368. The van der Waals surface area contributed by atoms with Crippen LogP contribution in [0.5, 0.6) is 0 Å². The molecule has 1 aliphatic rings. The number of pyridine rings is 1. The summed E-state index contributed by atoms with van der Waals surface area (Å²) in [6, 6.07) is 9.79. The summed E-state index contributed by atoms with van der Waals surface area (Å²) in [4.78, 5) is 21.2. The third kappa shape index (κ3) is 4.91. The zero-order valence-electron chi connectivity index (χ0n) is 15.1. The summed E-state index contributed by atoms with van der Waals surface area (Å²) in [5.41, 5.74) is -0.768. The van der Waals surface area contributed by atoms with Crippen molar-refractivity contribution >= 4 is 35.1 Å². The van der Waals surface area contributed by atoms with Gasteiger partial charge in [-0.3, -0.25) is 4.79 Å². The lowest BCUT2D eigenvalue weighted by Gasteiger charge is -2.36. The van der Waals surface area contributed by atoms with Crippen LogP contribution in [-0.2, 0) is 11.0 Å². The third-order valence-electron chi connectivity index (χ3n) is 4.48. The van der Waals surface area contributed by atoms with Gasteiger partial charge in [0, 0.05) is 37.3 Å². The molecule has 0 aliphatic carbocycles. The van der Waals surface area contributed by atoms with Crippen molar-refractivity contribution in [2.24, 2.45) is 0 Å². The molecule has 1 amide bonds. The van der Waals surface area contributed by atoms with Gasteiger partial charge in [-0.15, -0.1) is 11.8 Å². The van der Waals surface area contributed by atoms with Crippen molar-refractivity contribution in [2.45, 2.75) is 23.2 Å². The van der Waals surface area contributed by atoms with Crippen LogP contribution in [0, 0.1) is 0 Å². The van der Waals surface area contributed by atoms with E-state index in [2.05, 4.69) is 4.98 Å². The van der Waals surface area contributed by atoms with E-state index in [0.29, 0.717) is 37.0 Å². The second-order valence-corrected chi connectivity index (χ2v) is 8.20. The van der Waals surface area contributed by atoms with E-state index in [0.717, 1.165) is 17.2 Å². The number of nitrogens with zero attached hydrogens (tertiary/aromatic N) is 3. The van der Waals surface area contributed by atoms with Crippen LogP contribution in [0.25, 0.3) is 0 Å². The monoisotopic (exact) mass is 429 g/mol. The van der Waals surface area contributed by atoms with Gasteiger partial charge >= 0.3 is 6.18 Å². The molecule has 1 aromatic carbocycles. The van der Waals surface area contributed by atoms with Crippen molar-refractivity contribution in [3.63, 3.8) is 0 Å². The molecule has 150 valence electrons. The van der Waals surface area contributed by atoms with E-state index in [4.69, 9.17) is 11.6 Å². The molecule has 1 saturated heterocycles. The third-order valence-corrected chi connectivity index (χ3v) is 6.09. The first kappa shape index (κ1) is 20.8. The summed E-state index contributed by atoms with van der Waals surface area (Å²) in [6.07, 6.45) is -3.55. The van der Waals surface area contributed by atoms with Gasteiger partial charge in [0.05, 0.1) is 15.8 Å². The molecule has 9 heteroatoms. The molecule has 0 saturated carbocycles. The maximum absolute atomic E-state index is 12.7. The molecule has 2 aromatic rings. The van der Waals surface area contributed by atoms with Crippen LogP contribution < -0.4 is 4.90 Å². The van der Waals surface area contributed by atoms with Crippen molar-refractivity contribution in [1.82, 2.24) is 9.88 Å². The lowest BCUT2D eigenvalue weighted by atomic mass is 10.2. The number of benzene rings is 1. The van der Waals surface area contributed by atoms with Crippen molar-refractivity contribution in [2.75, 3.05) is 31.1 Å². The first-order valence-electron chi connectivity index (χ1n) is 8.74. The SMILES string of the molecule is CC(Sc1ccccc1Cl)C(=O)N1CCN(c2ccc(C(F)(F)F)cn2)CC1. The highest BCUT2D eigenvalue weighted by molar-refractivity contribution is 8.00. The van der Waals surface area contributed by atoms with Gasteiger partial charge in [0.1, 0.15) is 5.82 Å². The number of alkyl halides is 3. The fourth-order valence-electron chi connectivity index (χ4n) is 2.94. The normalized spacial score (nSPS) is 16.2. The summed E-state index contributed by atoms with van der Waals surface area (Å²) in [7, 11) is 0. The van der Waals surface area contributed by atoms with Crippen LogP contribution in [0.4, 0.5) is 19.0 Å². The standard InChI is InChI=1S/C19H19ClF3N3OS/c1-13(28-16-5-3-2-4-15(16)20)18(27)26-10-8-25(9-11-26)17-7-6-14(12-24-17)19(21,22)23/h2-7,12-13H,8-11H2,1H3. The van der Waals surface area contributed by atoms with Gasteiger partial charge in [-0.05, 0) is 31.2 Å². The van der Waals surface area contributed by atoms with Crippen molar-refractivity contribution in [3.05, 3.63) is 53.2 Å². The average Bonchev–Trinajstić information content (AvgIpc) is 2.69. The zero-order valence-corrected chi connectivity index (χ0v) is 16.7. The van der Waals surface area contributed by atoms with E-state index in [1.54, 1.807) is 11.0 Å². The molecule has 1 aliphatic heterocycles. The zero-order chi connectivity index (χ0) is 20.3. The number of amides is 1. The second kappa shape index (κ2) is 8.61. The molecule has 1 atom stereocenters. The molecular formula is C19H19ClF3N3OS. The lowest BCUT2D eigenvalue weighted by Crippen LogP contribution is -2.50. The fourth-order valence-corrected chi connectivity index (χ4v) is 4.17. The molecule has 0 radical (unpaired) electrons. The van der Waals surface area contributed by atoms with E-state index >= 15 is 0 Å². The topological polar surface area (TPSA) is 36.4 Å². The Hall–Kier alpha value is -1.93. The highest BCUT2D eigenvalue weighted by Gasteiger charge is 2.31. The molecule has 0 bridgehead atoms. The molecule has 0 N–H and O–H groups in total. The maximum Gasteiger partial charge on any atom is 0.417 e. The van der Waals surface area contributed by atoms with E-state index in [1.807, 2.05) is 30.0 Å². The first-order chi connectivity index (χ1) is 13.3. The van der Waals surface area contributed by atoms with E-state index in [-0.39, 0.29) is 11.2 Å². The van der Waals surface area contributed by atoms with Crippen molar-refractivity contribution in [3.8, 4) is 0 Å². The van der Waals surface area contributed by atoms with E-state index in [1.165, 1.54) is 17.8 Å². The van der Waals surface area contributed by atoms with Gasteiger partial charge in [0.25, 0.3) is 0 Å². The number of rotatable bonds is 4. The number of thioether (sulfide) groups is 1. The number of carbonyl (C=O) groups excluding carboxylic acids is 1. The van der Waals surface area contributed by atoms with Gasteiger partial charge < -0.3 is 9.80 Å². The summed E-state index contributed by atoms with van der Waals surface area (Å²) in [5, 5.41) is 0.334. The van der Waals surface area contributed by atoms with Gasteiger partial charge in [-0.1, -0.05) is 23.7 Å². The number of aromatic nitrogens is 1. The number of anilines is 1. The minimum Gasteiger partial charge on any atom is -0.353 e. The number of piperazine rings is 1. The summed E-state index contributed by atoms with van der Waals surface area (Å²) in [6.45, 7) is 3.88. The number of halogens is 4. The summed E-state index contributed by atoms with van der Waals surface area (Å²) >= 11 is 7.57. The summed E-state index contributed by atoms with van der Waals surface area (Å²) < 4.78 is 38.0. The Kier molecular flexibility index (Phi) is 6.40. The molecule has 0 spiro atoms. The Balaban J connectivity index is 1.56. The predicted molar refractivity (Wildman–Crippen MR) is 105 cm³/mol. The molecule has 1 aromatic heterocycles. The number of hydrogen-bond donors (Lipinski definition) is 0. The molecule has 1 unspecified atom stereocenters. The van der Waals surface area contributed by atoms with E-state index < -0.39 is 11.7 Å². The quantitative estimate of drug-likeness (QED) is 0.666. The molecular weight excluding hydrogens is 411 g/mol.